The van der Waals surface area contributed by atoms with Gasteiger partial charge in [-0.3, -0.25) is 4.68 Å². The van der Waals surface area contributed by atoms with E-state index in [4.69, 9.17) is 11.6 Å². The molecule has 0 aliphatic carbocycles. The van der Waals surface area contributed by atoms with E-state index in [9.17, 15) is 5.11 Å². The van der Waals surface area contributed by atoms with Crippen LogP contribution in [-0.2, 0) is 7.05 Å². The summed E-state index contributed by atoms with van der Waals surface area (Å²) in [4.78, 5) is 0. The average Bonchev–Trinajstić information content (AvgIpc) is 2.42. The van der Waals surface area contributed by atoms with Gasteiger partial charge in [0.25, 0.3) is 0 Å². The Balaban J connectivity index is 2.69. The van der Waals surface area contributed by atoms with Crippen molar-refractivity contribution >= 4 is 11.6 Å². The van der Waals surface area contributed by atoms with Gasteiger partial charge in [0.05, 0.1) is 23.0 Å². The van der Waals surface area contributed by atoms with E-state index in [2.05, 4.69) is 12.0 Å². The molecular weight excluding hydrogens is 188 g/mol. The Hall–Kier alpha value is -0.540. The fourth-order valence-electron chi connectivity index (χ4n) is 1.33. The van der Waals surface area contributed by atoms with Crippen molar-refractivity contribution in [1.29, 1.82) is 0 Å². The molecule has 0 saturated carbocycles. The molecule has 1 aromatic heterocycles. The van der Waals surface area contributed by atoms with Gasteiger partial charge in [-0.25, -0.2) is 0 Å². The quantitative estimate of drug-likeness (QED) is 0.814. The lowest BCUT2D eigenvalue weighted by Gasteiger charge is -2.10. The van der Waals surface area contributed by atoms with Crippen molar-refractivity contribution in [3.8, 4) is 0 Å². The summed E-state index contributed by atoms with van der Waals surface area (Å²) in [6.07, 6.45) is 3.90. The molecule has 3 nitrogen and oxygen atoms in total. The lowest BCUT2D eigenvalue weighted by Crippen LogP contribution is -2.05. The van der Waals surface area contributed by atoms with E-state index in [-0.39, 0.29) is 0 Å². The zero-order chi connectivity index (χ0) is 9.84. The molecule has 0 aliphatic rings. The number of hydrogen-bond acceptors (Lipinski definition) is 2. The molecule has 1 heterocycles. The molecule has 0 fully saturated rings. The minimum atomic E-state index is -0.486. The third kappa shape index (κ3) is 2.45. The van der Waals surface area contributed by atoms with Gasteiger partial charge in [-0.15, -0.1) is 0 Å². The maximum Gasteiger partial charge on any atom is 0.0971 e. The van der Waals surface area contributed by atoms with Crippen molar-refractivity contribution in [2.45, 2.75) is 32.3 Å². The first-order valence-corrected chi connectivity index (χ1v) is 4.90. The van der Waals surface area contributed by atoms with Crippen LogP contribution in [0.15, 0.2) is 6.20 Å². The molecule has 74 valence electrons. The standard InChI is InChI=1S/C9H15ClN2O/c1-3-4-5-8(13)9-7(10)6-11-12(9)2/h6,8,13H,3-5H2,1-2H3. The summed E-state index contributed by atoms with van der Waals surface area (Å²) in [6, 6.07) is 0. The van der Waals surface area contributed by atoms with Gasteiger partial charge >= 0.3 is 0 Å². The summed E-state index contributed by atoms with van der Waals surface area (Å²) >= 11 is 5.88. The predicted octanol–water partition coefficient (Wildman–Crippen LogP) is 2.30. The molecule has 1 aromatic rings. The van der Waals surface area contributed by atoms with Crippen LogP contribution in [-0.4, -0.2) is 14.9 Å². The van der Waals surface area contributed by atoms with Crippen molar-refractivity contribution in [2.24, 2.45) is 7.05 Å². The van der Waals surface area contributed by atoms with E-state index in [1.165, 1.54) is 0 Å². The monoisotopic (exact) mass is 202 g/mol. The van der Waals surface area contributed by atoms with Crippen LogP contribution in [0, 0.1) is 0 Å². The van der Waals surface area contributed by atoms with E-state index in [0.717, 1.165) is 25.0 Å². The number of nitrogens with zero attached hydrogens (tertiary/aromatic N) is 2. The number of hydrogen-bond donors (Lipinski definition) is 1. The predicted molar refractivity (Wildman–Crippen MR) is 52.7 cm³/mol. The minimum absolute atomic E-state index is 0.486. The second-order valence-electron chi connectivity index (χ2n) is 3.16. The molecule has 0 aliphatic heterocycles. The van der Waals surface area contributed by atoms with Gasteiger partial charge < -0.3 is 5.11 Å². The van der Waals surface area contributed by atoms with E-state index in [1.54, 1.807) is 17.9 Å². The highest BCUT2D eigenvalue weighted by atomic mass is 35.5. The largest absolute Gasteiger partial charge is 0.387 e. The molecule has 13 heavy (non-hydrogen) atoms. The Morgan fingerprint density at radius 1 is 1.69 bits per heavy atom. The maximum absolute atomic E-state index is 9.76. The summed E-state index contributed by atoms with van der Waals surface area (Å²) in [5, 5.41) is 14.3. The van der Waals surface area contributed by atoms with E-state index < -0.39 is 6.10 Å². The van der Waals surface area contributed by atoms with Gasteiger partial charge in [0.2, 0.25) is 0 Å². The maximum atomic E-state index is 9.76. The molecule has 0 amide bonds. The Morgan fingerprint density at radius 3 is 2.85 bits per heavy atom. The van der Waals surface area contributed by atoms with E-state index in [0.29, 0.717) is 5.02 Å². The fourth-order valence-corrected chi connectivity index (χ4v) is 1.62. The molecule has 0 radical (unpaired) electrons. The van der Waals surface area contributed by atoms with Crippen LogP contribution in [0.4, 0.5) is 0 Å². The zero-order valence-electron chi connectivity index (χ0n) is 8.00. The highest BCUT2D eigenvalue weighted by Crippen LogP contribution is 2.25. The Labute approximate surface area is 83.3 Å². The van der Waals surface area contributed by atoms with Crippen LogP contribution >= 0.6 is 11.6 Å². The van der Waals surface area contributed by atoms with Gasteiger partial charge in [-0.2, -0.15) is 5.10 Å². The van der Waals surface area contributed by atoms with Crippen LogP contribution in [0.1, 0.15) is 38.0 Å². The molecule has 1 rings (SSSR count). The second kappa shape index (κ2) is 4.63. The van der Waals surface area contributed by atoms with Gasteiger partial charge in [0.1, 0.15) is 0 Å². The highest BCUT2D eigenvalue weighted by molar-refractivity contribution is 6.31. The minimum Gasteiger partial charge on any atom is -0.387 e. The normalized spacial score (nSPS) is 13.2. The van der Waals surface area contributed by atoms with Crippen molar-refractivity contribution in [3.63, 3.8) is 0 Å². The first kappa shape index (κ1) is 10.5. The van der Waals surface area contributed by atoms with Crippen molar-refractivity contribution in [2.75, 3.05) is 0 Å². The van der Waals surface area contributed by atoms with Crippen molar-refractivity contribution in [1.82, 2.24) is 9.78 Å². The first-order valence-electron chi connectivity index (χ1n) is 4.52. The third-order valence-electron chi connectivity index (χ3n) is 2.08. The molecule has 0 saturated heterocycles. The third-order valence-corrected chi connectivity index (χ3v) is 2.38. The molecule has 4 heteroatoms. The topological polar surface area (TPSA) is 38.1 Å². The zero-order valence-corrected chi connectivity index (χ0v) is 8.75. The summed E-state index contributed by atoms with van der Waals surface area (Å²) in [5.41, 5.74) is 0.718. The van der Waals surface area contributed by atoms with Gasteiger partial charge in [-0.05, 0) is 6.42 Å². The van der Waals surface area contributed by atoms with Gasteiger partial charge in [-0.1, -0.05) is 31.4 Å². The van der Waals surface area contributed by atoms with Gasteiger partial charge in [0.15, 0.2) is 0 Å². The highest BCUT2D eigenvalue weighted by Gasteiger charge is 2.15. The Kier molecular flexibility index (Phi) is 3.75. The van der Waals surface area contributed by atoms with Crippen LogP contribution in [0.5, 0.6) is 0 Å². The van der Waals surface area contributed by atoms with E-state index in [1.807, 2.05) is 0 Å². The summed E-state index contributed by atoms with van der Waals surface area (Å²) in [7, 11) is 1.79. The van der Waals surface area contributed by atoms with Gasteiger partial charge in [0, 0.05) is 7.05 Å². The lowest BCUT2D eigenvalue weighted by atomic mass is 10.1. The number of aliphatic hydroxyl groups is 1. The number of aliphatic hydroxyl groups excluding tert-OH is 1. The molecular formula is C9H15ClN2O. The smallest absolute Gasteiger partial charge is 0.0971 e. The average molecular weight is 203 g/mol. The molecule has 1 atom stereocenters. The Bertz CT molecular complexity index is 253. The van der Waals surface area contributed by atoms with Crippen molar-refractivity contribution < 1.29 is 5.11 Å². The molecule has 0 aromatic carbocycles. The van der Waals surface area contributed by atoms with E-state index >= 15 is 0 Å². The molecule has 1 N–H and O–H groups in total. The number of unbranched alkanes of at least 4 members (excludes halogenated alkanes) is 1. The molecule has 0 bridgehead atoms. The SMILES string of the molecule is CCCCC(O)c1c(Cl)cnn1C. The van der Waals surface area contributed by atoms with Crippen LogP contribution in [0.2, 0.25) is 5.02 Å². The second-order valence-corrected chi connectivity index (χ2v) is 3.57. The number of aryl methyl sites for hydroxylation is 1. The summed E-state index contributed by atoms with van der Waals surface area (Å²) < 4.78 is 1.63. The number of halogens is 1. The molecule has 1 unspecified atom stereocenters. The lowest BCUT2D eigenvalue weighted by molar-refractivity contribution is 0.155. The Morgan fingerprint density at radius 2 is 2.38 bits per heavy atom. The molecule has 0 spiro atoms. The first-order chi connectivity index (χ1) is 6.16. The fraction of sp³-hybridized carbons (Fsp3) is 0.667. The van der Waals surface area contributed by atoms with Crippen LogP contribution < -0.4 is 0 Å². The number of aromatic nitrogens is 2. The number of rotatable bonds is 4. The van der Waals surface area contributed by atoms with Crippen molar-refractivity contribution in [3.05, 3.63) is 16.9 Å². The summed E-state index contributed by atoms with van der Waals surface area (Å²) in [5.74, 6) is 0. The van der Waals surface area contributed by atoms with Crippen LogP contribution in [0.3, 0.4) is 0 Å². The van der Waals surface area contributed by atoms with Crippen LogP contribution in [0.25, 0.3) is 0 Å². The summed E-state index contributed by atoms with van der Waals surface area (Å²) in [6.45, 7) is 2.09.